The molecule has 0 bridgehead atoms. The number of rotatable bonds is 2. The molecule has 3 nitrogen and oxygen atoms in total. The molecule has 1 fully saturated rings. The van der Waals surface area contributed by atoms with Crippen LogP contribution in [0.2, 0.25) is 0 Å². The largest absolute Gasteiger partial charge is 0.274 e. The summed E-state index contributed by atoms with van der Waals surface area (Å²) in [6, 6.07) is 7.73. The lowest BCUT2D eigenvalue weighted by atomic mass is 9.78. The van der Waals surface area contributed by atoms with Gasteiger partial charge in [0.15, 0.2) is 0 Å². The van der Waals surface area contributed by atoms with Gasteiger partial charge in [-0.25, -0.2) is 4.90 Å². The number of anilines is 1. The summed E-state index contributed by atoms with van der Waals surface area (Å²) in [5.41, 5.74) is 4.37. The molecule has 0 radical (unpaired) electrons. The van der Waals surface area contributed by atoms with E-state index in [0.717, 1.165) is 30.5 Å². The molecule has 0 spiro atoms. The monoisotopic (exact) mass is 283 g/mol. The third kappa shape index (κ3) is 2.11. The number of aryl methyl sites for hydroxylation is 1. The van der Waals surface area contributed by atoms with Crippen LogP contribution in [0, 0.1) is 11.8 Å². The van der Waals surface area contributed by atoms with E-state index in [4.69, 9.17) is 0 Å². The SMILES string of the molecule is CCc1ccccc1N1C(=O)[C@H]2CC(C)=C(C)C[C@@H]2C1=O. The van der Waals surface area contributed by atoms with Crippen molar-refractivity contribution in [1.82, 2.24) is 0 Å². The molecule has 1 aromatic carbocycles. The highest BCUT2D eigenvalue weighted by atomic mass is 16.2. The van der Waals surface area contributed by atoms with Gasteiger partial charge in [0.05, 0.1) is 17.5 Å². The van der Waals surface area contributed by atoms with Crippen molar-refractivity contribution in [2.24, 2.45) is 11.8 Å². The van der Waals surface area contributed by atoms with Crippen molar-refractivity contribution in [3.63, 3.8) is 0 Å². The number of carbonyl (C=O) groups excluding carboxylic acids is 2. The third-order valence-corrected chi connectivity index (χ3v) is 4.96. The quantitative estimate of drug-likeness (QED) is 0.615. The summed E-state index contributed by atoms with van der Waals surface area (Å²) < 4.78 is 0. The zero-order valence-corrected chi connectivity index (χ0v) is 12.8. The Labute approximate surface area is 125 Å². The van der Waals surface area contributed by atoms with E-state index in [1.165, 1.54) is 16.0 Å². The molecule has 2 aliphatic rings. The molecule has 3 heteroatoms. The molecule has 1 aliphatic heterocycles. The van der Waals surface area contributed by atoms with Gasteiger partial charge in [-0.3, -0.25) is 9.59 Å². The Kier molecular flexibility index (Phi) is 3.44. The second-order valence-corrected chi connectivity index (χ2v) is 6.18. The van der Waals surface area contributed by atoms with Gasteiger partial charge < -0.3 is 0 Å². The first-order valence-corrected chi connectivity index (χ1v) is 7.65. The van der Waals surface area contributed by atoms with E-state index in [1.54, 1.807) is 0 Å². The molecule has 1 heterocycles. The summed E-state index contributed by atoms with van der Waals surface area (Å²) in [5, 5.41) is 0. The lowest BCUT2D eigenvalue weighted by molar-refractivity contribution is -0.122. The Morgan fingerprint density at radius 2 is 1.52 bits per heavy atom. The van der Waals surface area contributed by atoms with Crippen LogP contribution in [0.1, 0.15) is 39.2 Å². The van der Waals surface area contributed by atoms with E-state index in [9.17, 15) is 9.59 Å². The maximum atomic E-state index is 12.8. The summed E-state index contributed by atoms with van der Waals surface area (Å²) >= 11 is 0. The van der Waals surface area contributed by atoms with Crippen LogP contribution < -0.4 is 4.90 Å². The molecular weight excluding hydrogens is 262 g/mol. The highest BCUT2D eigenvalue weighted by molar-refractivity contribution is 6.22. The fraction of sp³-hybridized carbons (Fsp3) is 0.444. The first-order chi connectivity index (χ1) is 10.0. The predicted molar refractivity (Wildman–Crippen MR) is 82.9 cm³/mol. The molecule has 21 heavy (non-hydrogen) atoms. The van der Waals surface area contributed by atoms with E-state index < -0.39 is 0 Å². The van der Waals surface area contributed by atoms with Crippen molar-refractivity contribution in [1.29, 1.82) is 0 Å². The van der Waals surface area contributed by atoms with Crippen molar-refractivity contribution in [2.75, 3.05) is 4.90 Å². The van der Waals surface area contributed by atoms with Gasteiger partial charge in [0.2, 0.25) is 11.8 Å². The van der Waals surface area contributed by atoms with Crippen LogP contribution in [0.15, 0.2) is 35.4 Å². The second-order valence-electron chi connectivity index (χ2n) is 6.18. The van der Waals surface area contributed by atoms with Gasteiger partial charge in [0, 0.05) is 0 Å². The van der Waals surface area contributed by atoms with E-state index in [-0.39, 0.29) is 23.7 Å². The van der Waals surface area contributed by atoms with Crippen LogP contribution in [-0.2, 0) is 16.0 Å². The van der Waals surface area contributed by atoms with Crippen molar-refractivity contribution in [2.45, 2.75) is 40.0 Å². The summed E-state index contributed by atoms with van der Waals surface area (Å²) in [6.07, 6.45) is 2.27. The number of allylic oxidation sites excluding steroid dienone is 2. The number of imide groups is 1. The number of carbonyl (C=O) groups is 2. The Morgan fingerprint density at radius 1 is 1.00 bits per heavy atom. The smallest absolute Gasteiger partial charge is 0.238 e. The predicted octanol–water partition coefficient (Wildman–Crippen LogP) is 3.48. The van der Waals surface area contributed by atoms with Crippen molar-refractivity contribution in [3.8, 4) is 0 Å². The number of hydrogen-bond acceptors (Lipinski definition) is 2. The molecule has 0 aromatic heterocycles. The number of para-hydroxylation sites is 1. The maximum absolute atomic E-state index is 12.8. The Balaban J connectivity index is 2.00. The normalized spacial score (nSPS) is 25.6. The first-order valence-electron chi connectivity index (χ1n) is 7.65. The lowest BCUT2D eigenvalue weighted by Gasteiger charge is -2.23. The third-order valence-electron chi connectivity index (χ3n) is 4.96. The fourth-order valence-electron chi connectivity index (χ4n) is 3.52. The Hall–Kier alpha value is -1.90. The highest BCUT2D eigenvalue weighted by Crippen LogP contribution is 2.42. The number of fused-ring (bicyclic) bond motifs is 1. The number of benzene rings is 1. The summed E-state index contributed by atoms with van der Waals surface area (Å²) in [7, 11) is 0. The molecule has 1 aliphatic carbocycles. The highest BCUT2D eigenvalue weighted by Gasteiger charge is 2.49. The Bertz CT molecular complexity index is 612. The number of amides is 2. The van der Waals surface area contributed by atoms with Crippen LogP contribution in [0.4, 0.5) is 5.69 Å². The summed E-state index contributed by atoms with van der Waals surface area (Å²) in [4.78, 5) is 27.0. The van der Waals surface area contributed by atoms with Crippen molar-refractivity contribution < 1.29 is 9.59 Å². The molecule has 1 aromatic rings. The summed E-state index contributed by atoms with van der Waals surface area (Å²) in [5.74, 6) is -0.354. The van der Waals surface area contributed by atoms with E-state index in [1.807, 2.05) is 31.2 Å². The summed E-state index contributed by atoms with van der Waals surface area (Å²) in [6.45, 7) is 6.20. The number of nitrogens with zero attached hydrogens (tertiary/aromatic N) is 1. The van der Waals surface area contributed by atoms with Gasteiger partial charge in [0.1, 0.15) is 0 Å². The molecule has 0 unspecified atom stereocenters. The minimum atomic E-state index is -0.161. The average molecular weight is 283 g/mol. The zero-order chi connectivity index (χ0) is 15.1. The molecule has 0 saturated carbocycles. The van der Waals surface area contributed by atoms with Gasteiger partial charge in [0.25, 0.3) is 0 Å². The zero-order valence-electron chi connectivity index (χ0n) is 12.8. The average Bonchev–Trinajstić information content (AvgIpc) is 2.71. The molecule has 110 valence electrons. The minimum Gasteiger partial charge on any atom is -0.274 e. The standard InChI is InChI=1S/C18H21NO2/c1-4-13-7-5-6-8-16(13)19-17(20)14-9-11(2)12(3)10-15(14)18(19)21/h5-8,14-15H,4,9-10H2,1-3H3/t14-,15-/m0/s1. The first kappa shape index (κ1) is 14.1. The fourth-order valence-corrected chi connectivity index (χ4v) is 3.52. The Morgan fingerprint density at radius 3 is 2.05 bits per heavy atom. The van der Waals surface area contributed by atoms with Crippen molar-refractivity contribution >= 4 is 17.5 Å². The maximum Gasteiger partial charge on any atom is 0.238 e. The van der Waals surface area contributed by atoms with Crippen LogP contribution in [0.25, 0.3) is 0 Å². The molecule has 0 N–H and O–H groups in total. The van der Waals surface area contributed by atoms with Gasteiger partial charge in [-0.05, 0) is 44.7 Å². The van der Waals surface area contributed by atoms with Crippen LogP contribution in [0.3, 0.4) is 0 Å². The number of hydrogen-bond donors (Lipinski definition) is 0. The molecular formula is C18H21NO2. The van der Waals surface area contributed by atoms with Crippen LogP contribution in [0.5, 0.6) is 0 Å². The molecule has 2 atom stereocenters. The lowest BCUT2D eigenvalue weighted by Crippen LogP contribution is -2.31. The van der Waals surface area contributed by atoms with Crippen LogP contribution in [-0.4, -0.2) is 11.8 Å². The molecule has 1 saturated heterocycles. The van der Waals surface area contributed by atoms with Gasteiger partial charge in [-0.1, -0.05) is 36.3 Å². The van der Waals surface area contributed by atoms with E-state index in [0.29, 0.717) is 0 Å². The van der Waals surface area contributed by atoms with E-state index in [2.05, 4.69) is 13.8 Å². The topological polar surface area (TPSA) is 37.4 Å². The molecule has 2 amide bonds. The second kappa shape index (κ2) is 5.14. The molecule has 3 rings (SSSR count). The van der Waals surface area contributed by atoms with Gasteiger partial charge in [-0.15, -0.1) is 0 Å². The van der Waals surface area contributed by atoms with E-state index >= 15 is 0 Å². The van der Waals surface area contributed by atoms with Gasteiger partial charge >= 0.3 is 0 Å². The van der Waals surface area contributed by atoms with Crippen LogP contribution >= 0.6 is 0 Å². The minimum absolute atomic E-state index is 0.0160. The van der Waals surface area contributed by atoms with Gasteiger partial charge in [-0.2, -0.15) is 0 Å². The van der Waals surface area contributed by atoms with Crippen molar-refractivity contribution in [3.05, 3.63) is 41.0 Å².